The van der Waals surface area contributed by atoms with Crippen molar-refractivity contribution in [3.8, 4) is 16.9 Å². The molecule has 0 aliphatic carbocycles. The minimum atomic E-state index is -4.89. The SMILES string of the molecule is COc1ccccc1-c1ccc(C(=O)O)c(C)c1C(=O)O.O=S(=O)(O)O[C@@H]1O[C@H](CO)[C@@H](O)[C@H](O)[C@H]1O. The second kappa shape index (κ2) is 12.4. The van der Waals surface area contributed by atoms with Crippen LogP contribution in [0.25, 0.3) is 11.1 Å². The molecule has 0 saturated carbocycles. The van der Waals surface area contributed by atoms with Crippen molar-refractivity contribution in [3.05, 3.63) is 53.1 Å². The molecule has 1 saturated heterocycles. The number of hydrogen-bond donors (Lipinski definition) is 7. The lowest BCUT2D eigenvalue weighted by Gasteiger charge is -2.38. The molecule has 0 radical (unpaired) electrons. The van der Waals surface area contributed by atoms with Crippen LogP contribution in [0.15, 0.2) is 36.4 Å². The third-order valence-electron chi connectivity index (χ3n) is 5.37. The molecular formula is C22H26O14S. The second-order valence-corrected chi connectivity index (χ2v) is 8.74. The maximum Gasteiger partial charge on any atom is 0.399 e. The molecule has 15 heteroatoms. The molecule has 3 rings (SSSR count). The average Bonchev–Trinajstić information content (AvgIpc) is 2.83. The van der Waals surface area contributed by atoms with E-state index in [2.05, 4.69) is 8.92 Å². The molecule has 2 aromatic carbocycles. The number of aromatic carboxylic acids is 2. The number of benzene rings is 2. The summed E-state index contributed by atoms with van der Waals surface area (Å²) in [5.74, 6) is -1.79. The van der Waals surface area contributed by atoms with Gasteiger partial charge in [-0.25, -0.2) is 13.8 Å². The van der Waals surface area contributed by atoms with Crippen molar-refractivity contribution in [1.29, 1.82) is 0 Å². The maximum absolute atomic E-state index is 11.6. The summed E-state index contributed by atoms with van der Waals surface area (Å²) in [6, 6.07) is 9.91. The minimum absolute atomic E-state index is 0.0222. The van der Waals surface area contributed by atoms with Crippen LogP contribution in [0.3, 0.4) is 0 Å². The van der Waals surface area contributed by atoms with E-state index in [9.17, 15) is 38.4 Å². The Bertz CT molecular complexity index is 1230. The van der Waals surface area contributed by atoms with E-state index in [1.165, 1.54) is 26.2 Å². The summed E-state index contributed by atoms with van der Waals surface area (Å²) in [6.07, 6.45) is -8.46. The molecule has 37 heavy (non-hydrogen) atoms. The Morgan fingerprint density at radius 3 is 2.08 bits per heavy atom. The van der Waals surface area contributed by atoms with E-state index in [0.29, 0.717) is 16.9 Å². The Hall–Kier alpha value is -3.15. The van der Waals surface area contributed by atoms with Gasteiger partial charge in [0.25, 0.3) is 0 Å². The van der Waals surface area contributed by atoms with Crippen LogP contribution in [0.2, 0.25) is 0 Å². The first kappa shape index (κ1) is 30.1. The topological polar surface area (TPSA) is 238 Å². The van der Waals surface area contributed by atoms with Gasteiger partial charge in [-0.2, -0.15) is 8.42 Å². The Balaban J connectivity index is 0.000000271. The molecule has 0 aromatic heterocycles. The zero-order valence-electron chi connectivity index (χ0n) is 19.5. The van der Waals surface area contributed by atoms with Crippen molar-refractivity contribution < 1.29 is 66.9 Å². The third-order valence-corrected chi connectivity index (χ3v) is 5.80. The molecule has 0 spiro atoms. The Morgan fingerprint density at radius 2 is 1.57 bits per heavy atom. The number of rotatable bonds is 7. The van der Waals surface area contributed by atoms with Gasteiger partial charge < -0.3 is 40.1 Å². The van der Waals surface area contributed by atoms with Crippen LogP contribution < -0.4 is 4.74 Å². The van der Waals surface area contributed by atoms with E-state index in [-0.39, 0.29) is 16.7 Å². The van der Waals surface area contributed by atoms with E-state index in [1.54, 1.807) is 24.3 Å². The van der Waals surface area contributed by atoms with Crippen LogP contribution in [0.5, 0.6) is 5.75 Å². The number of para-hydroxylation sites is 1. The standard InChI is InChI=1S/C16H14O5.C6H12O9S/c1-9-10(15(17)18)7-8-12(14(9)16(19)20)11-5-3-4-6-13(11)21-2;7-1-2-3(8)4(9)5(10)6(14-2)15-16(11,12)13/h3-8H,1-2H3,(H,17,18)(H,19,20);2-10H,1H2,(H,11,12,13)/t;2-,3-,4+,5-,6+/m.1/s1. The van der Waals surface area contributed by atoms with E-state index in [0.717, 1.165) is 0 Å². The summed E-state index contributed by atoms with van der Waals surface area (Å²) in [5.41, 5.74) is 1.21. The first-order chi connectivity index (χ1) is 17.2. The first-order valence-electron chi connectivity index (χ1n) is 10.4. The van der Waals surface area contributed by atoms with Crippen LogP contribution in [-0.2, 0) is 19.3 Å². The van der Waals surface area contributed by atoms with E-state index in [1.807, 2.05) is 0 Å². The summed E-state index contributed by atoms with van der Waals surface area (Å²) >= 11 is 0. The minimum Gasteiger partial charge on any atom is -0.496 e. The summed E-state index contributed by atoms with van der Waals surface area (Å²) < 4.78 is 42.9. The van der Waals surface area contributed by atoms with E-state index < -0.39 is 59.7 Å². The quantitative estimate of drug-likeness (QED) is 0.220. The number of carboxylic acid groups (broad SMARTS) is 2. The molecule has 204 valence electrons. The number of aliphatic hydroxyl groups excluding tert-OH is 4. The first-order valence-corrected chi connectivity index (χ1v) is 11.8. The smallest absolute Gasteiger partial charge is 0.399 e. The summed E-state index contributed by atoms with van der Waals surface area (Å²) in [7, 11) is -3.39. The van der Waals surface area contributed by atoms with Crippen LogP contribution in [-0.4, -0.2) is 100.0 Å². The van der Waals surface area contributed by atoms with Gasteiger partial charge in [-0.3, -0.25) is 4.55 Å². The Labute approximate surface area is 210 Å². The number of methoxy groups -OCH3 is 1. The van der Waals surface area contributed by atoms with E-state index >= 15 is 0 Å². The van der Waals surface area contributed by atoms with Crippen molar-refractivity contribution in [2.45, 2.75) is 37.6 Å². The molecule has 1 aliphatic rings. The van der Waals surface area contributed by atoms with Crippen LogP contribution >= 0.6 is 0 Å². The second-order valence-electron chi connectivity index (χ2n) is 7.69. The van der Waals surface area contributed by atoms with Gasteiger partial charge in [0, 0.05) is 11.1 Å². The summed E-state index contributed by atoms with van der Waals surface area (Å²) in [6.45, 7) is 0.766. The molecule has 7 N–H and O–H groups in total. The molecule has 1 heterocycles. The van der Waals surface area contributed by atoms with Crippen LogP contribution in [0.4, 0.5) is 0 Å². The number of carboxylic acids is 2. The maximum atomic E-state index is 11.6. The zero-order valence-corrected chi connectivity index (χ0v) is 20.3. The number of aliphatic hydroxyl groups is 4. The lowest BCUT2D eigenvalue weighted by molar-refractivity contribution is -0.277. The molecular weight excluding hydrogens is 520 g/mol. The number of ether oxygens (including phenoxy) is 2. The normalized spacial score (nSPS) is 23.5. The molecule has 0 bridgehead atoms. The van der Waals surface area contributed by atoms with Gasteiger partial charge in [0.2, 0.25) is 6.29 Å². The fourth-order valence-corrected chi connectivity index (χ4v) is 3.98. The number of carbonyl (C=O) groups is 2. The lowest BCUT2D eigenvalue weighted by atomic mass is 9.92. The van der Waals surface area contributed by atoms with Crippen molar-refractivity contribution >= 4 is 22.3 Å². The van der Waals surface area contributed by atoms with Crippen molar-refractivity contribution in [3.63, 3.8) is 0 Å². The van der Waals surface area contributed by atoms with Crippen molar-refractivity contribution in [1.82, 2.24) is 0 Å². The third kappa shape index (κ3) is 7.21. The van der Waals surface area contributed by atoms with Crippen molar-refractivity contribution in [2.24, 2.45) is 0 Å². The highest BCUT2D eigenvalue weighted by atomic mass is 32.3. The molecule has 2 aromatic rings. The largest absolute Gasteiger partial charge is 0.496 e. The molecule has 5 atom stereocenters. The molecule has 0 amide bonds. The monoisotopic (exact) mass is 546 g/mol. The van der Waals surface area contributed by atoms with Gasteiger partial charge in [0.05, 0.1) is 24.8 Å². The predicted molar refractivity (Wildman–Crippen MR) is 123 cm³/mol. The molecule has 1 aliphatic heterocycles. The van der Waals surface area contributed by atoms with Crippen LogP contribution in [0, 0.1) is 6.92 Å². The summed E-state index contributed by atoms with van der Waals surface area (Å²) in [5, 5.41) is 55.1. The van der Waals surface area contributed by atoms with Gasteiger partial charge in [-0.1, -0.05) is 24.3 Å². The molecule has 0 unspecified atom stereocenters. The Kier molecular flexibility index (Phi) is 10.1. The number of hydrogen-bond acceptors (Lipinski definition) is 11. The van der Waals surface area contributed by atoms with Crippen molar-refractivity contribution in [2.75, 3.05) is 13.7 Å². The highest BCUT2D eigenvalue weighted by molar-refractivity contribution is 7.80. The van der Waals surface area contributed by atoms with Gasteiger partial charge >= 0.3 is 22.3 Å². The predicted octanol–water partition coefficient (Wildman–Crippen LogP) is -0.327. The fourth-order valence-electron chi connectivity index (χ4n) is 3.58. The van der Waals surface area contributed by atoms with Gasteiger partial charge in [-0.05, 0) is 24.6 Å². The average molecular weight is 547 g/mol. The van der Waals surface area contributed by atoms with E-state index in [4.69, 9.17) is 19.5 Å². The van der Waals surface area contributed by atoms with Gasteiger partial charge in [0.15, 0.2) is 0 Å². The summed E-state index contributed by atoms with van der Waals surface area (Å²) in [4.78, 5) is 22.7. The highest BCUT2D eigenvalue weighted by Gasteiger charge is 2.45. The van der Waals surface area contributed by atoms with Gasteiger partial charge in [-0.15, -0.1) is 0 Å². The molecule has 14 nitrogen and oxygen atoms in total. The zero-order chi connectivity index (χ0) is 28.1. The van der Waals surface area contributed by atoms with Crippen LogP contribution in [0.1, 0.15) is 26.3 Å². The fraction of sp³-hybridized carbons (Fsp3) is 0.364. The lowest BCUT2D eigenvalue weighted by Crippen LogP contribution is -2.59. The molecule has 1 fully saturated rings. The highest BCUT2D eigenvalue weighted by Crippen LogP contribution is 2.34. The Morgan fingerprint density at radius 1 is 0.946 bits per heavy atom. The van der Waals surface area contributed by atoms with Gasteiger partial charge in [0.1, 0.15) is 30.2 Å².